The van der Waals surface area contributed by atoms with Gasteiger partial charge in [0.25, 0.3) is 0 Å². The Balaban J connectivity index is 1.81. The lowest BCUT2D eigenvalue weighted by Gasteiger charge is -2.23. The molecule has 1 aromatic carbocycles. The number of rotatable bonds is 4. The molecule has 2 heterocycles. The second kappa shape index (κ2) is 7.39. The molecule has 3 aromatic rings. The number of anilines is 1. The number of hydrogen-bond acceptors (Lipinski definition) is 4. The fraction of sp³-hybridized carbons (Fsp3) is 0.300. The molecular formula is C20H17ClF2N4O. The summed E-state index contributed by atoms with van der Waals surface area (Å²) in [5.74, 6) is -2.33. The minimum Gasteiger partial charge on any atom is -0.290 e. The lowest BCUT2D eigenvalue weighted by molar-refractivity contribution is -0.116. The first-order valence-electron chi connectivity index (χ1n) is 8.92. The number of carbonyl (C=O) groups excluding carboxylic acids is 1. The van der Waals surface area contributed by atoms with Crippen molar-refractivity contribution < 1.29 is 13.6 Å². The van der Waals surface area contributed by atoms with Gasteiger partial charge in [-0.05, 0) is 48.9 Å². The molecule has 1 aliphatic rings. The van der Waals surface area contributed by atoms with Crippen molar-refractivity contribution in [2.75, 3.05) is 10.8 Å². The fourth-order valence-electron chi connectivity index (χ4n) is 3.73. The van der Waals surface area contributed by atoms with Crippen molar-refractivity contribution in [2.24, 2.45) is 0 Å². The number of amides is 1. The second-order valence-corrected chi connectivity index (χ2v) is 7.02. The molecule has 8 heteroatoms. The van der Waals surface area contributed by atoms with Crippen LogP contribution in [0.1, 0.15) is 28.7 Å². The molecule has 4 rings (SSSR count). The molecule has 2 aromatic heterocycles. The third-order valence-corrected chi connectivity index (χ3v) is 5.39. The van der Waals surface area contributed by atoms with E-state index < -0.39 is 17.5 Å². The molecule has 1 aliphatic carbocycles. The van der Waals surface area contributed by atoms with Crippen LogP contribution in [-0.2, 0) is 24.2 Å². The van der Waals surface area contributed by atoms with Crippen molar-refractivity contribution in [3.63, 3.8) is 0 Å². The van der Waals surface area contributed by atoms with Crippen molar-refractivity contribution >= 4 is 34.4 Å². The van der Waals surface area contributed by atoms with E-state index in [1.807, 2.05) is 0 Å². The van der Waals surface area contributed by atoms with E-state index in [9.17, 15) is 13.6 Å². The zero-order valence-corrected chi connectivity index (χ0v) is 15.9. The Morgan fingerprint density at radius 3 is 2.75 bits per heavy atom. The van der Waals surface area contributed by atoms with Gasteiger partial charge in [0, 0.05) is 11.8 Å². The van der Waals surface area contributed by atoms with Crippen LogP contribution in [0.25, 0.3) is 11.0 Å². The number of fused-ring (bicyclic) bond motifs is 2. The lowest BCUT2D eigenvalue weighted by Crippen LogP contribution is -2.33. The molecule has 1 amide bonds. The molecule has 0 unspecified atom stereocenters. The van der Waals surface area contributed by atoms with E-state index in [2.05, 4.69) is 15.0 Å². The number of pyridine rings is 1. The van der Waals surface area contributed by atoms with Crippen LogP contribution in [0.5, 0.6) is 0 Å². The van der Waals surface area contributed by atoms with Crippen molar-refractivity contribution in [3.8, 4) is 0 Å². The van der Waals surface area contributed by atoms with Crippen LogP contribution in [0, 0.1) is 18.6 Å². The number of alkyl halides is 1. The first-order valence-corrected chi connectivity index (χ1v) is 9.46. The molecule has 0 saturated carbocycles. The van der Waals surface area contributed by atoms with Gasteiger partial charge in [-0.25, -0.2) is 13.8 Å². The zero-order valence-electron chi connectivity index (χ0n) is 15.2. The quantitative estimate of drug-likeness (QED) is 0.621. The van der Waals surface area contributed by atoms with E-state index in [4.69, 9.17) is 11.6 Å². The Bertz CT molecular complexity index is 1090. The Labute approximate surface area is 165 Å². The van der Waals surface area contributed by atoms with Crippen LogP contribution < -0.4 is 4.90 Å². The molecule has 0 fully saturated rings. The number of hydrogen-bond donors (Lipinski definition) is 0. The highest BCUT2D eigenvalue weighted by Gasteiger charge is 2.28. The summed E-state index contributed by atoms with van der Waals surface area (Å²) in [6.45, 7) is 1.44. The van der Waals surface area contributed by atoms with Gasteiger partial charge in [0.15, 0.2) is 17.5 Å². The van der Waals surface area contributed by atoms with E-state index in [0.29, 0.717) is 29.4 Å². The number of carbonyl (C=O) groups is 1. The maximum absolute atomic E-state index is 14.8. The third kappa shape index (κ3) is 3.09. The predicted molar refractivity (Wildman–Crippen MR) is 102 cm³/mol. The average molecular weight is 403 g/mol. The van der Waals surface area contributed by atoms with Crippen LogP contribution in [0.15, 0.2) is 24.7 Å². The minimum atomic E-state index is -0.916. The van der Waals surface area contributed by atoms with Crippen LogP contribution in [0.3, 0.4) is 0 Å². The standard InChI is InChI=1S/C20H17ClF2N4O/c1-11-12-3-2-4-13(12)14(20(23)19(11)22)10-27(18(28)7-21)17-9-25-15-5-6-24-8-16(15)26-17/h5-6,8-9H,2-4,7,10H2,1H3. The highest BCUT2D eigenvalue weighted by molar-refractivity contribution is 6.29. The molecule has 0 bridgehead atoms. The summed E-state index contributed by atoms with van der Waals surface area (Å²) in [6, 6.07) is 1.70. The van der Waals surface area contributed by atoms with E-state index in [1.54, 1.807) is 19.2 Å². The molecule has 0 spiro atoms. The van der Waals surface area contributed by atoms with Gasteiger partial charge in [0.05, 0.1) is 24.5 Å². The summed E-state index contributed by atoms with van der Waals surface area (Å²) < 4.78 is 29.3. The average Bonchev–Trinajstić information content (AvgIpc) is 3.21. The molecule has 0 atom stereocenters. The molecule has 28 heavy (non-hydrogen) atoms. The third-order valence-electron chi connectivity index (χ3n) is 5.16. The Kier molecular flexibility index (Phi) is 4.93. The second-order valence-electron chi connectivity index (χ2n) is 6.75. The zero-order chi connectivity index (χ0) is 19.8. The van der Waals surface area contributed by atoms with Gasteiger partial charge in [-0.3, -0.25) is 19.7 Å². The first-order chi connectivity index (χ1) is 13.5. The SMILES string of the molecule is Cc1c(F)c(F)c(CN(C(=O)CCl)c2cnc3ccncc3n2)c2c1CCC2. The van der Waals surface area contributed by atoms with Crippen LogP contribution in [0.4, 0.5) is 14.6 Å². The Hall–Kier alpha value is -2.67. The van der Waals surface area contributed by atoms with E-state index in [-0.39, 0.29) is 23.8 Å². The highest BCUT2D eigenvalue weighted by atomic mass is 35.5. The van der Waals surface area contributed by atoms with Gasteiger partial charge in [-0.1, -0.05) is 0 Å². The molecular weight excluding hydrogens is 386 g/mol. The van der Waals surface area contributed by atoms with Gasteiger partial charge >= 0.3 is 0 Å². The number of nitrogens with zero attached hydrogens (tertiary/aromatic N) is 4. The minimum absolute atomic E-state index is 0.155. The van der Waals surface area contributed by atoms with Crippen molar-refractivity contribution in [2.45, 2.75) is 32.7 Å². The van der Waals surface area contributed by atoms with Crippen LogP contribution in [0.2, 0.25) is 0 Å². The summed E-state index contributed by atoms with van der Waals surface area (Å²) in [7, 11) is 0. The monoisotopic (exact) mass is 402 g/mol. The van der Waals surface area contributed by atoms with E-state index in [1.165, 1.54) is 17.3 Å². The normalized spacial score (nSPS) is 13.0. The van der Waals surface area contributed by atoms with Crippen LogP contribution >= 0.6 is 11.6 Å². The molecule has 0 radical (unpaired) electrons. The number of benzene rings is 1. The lowest BCUT2D eigenvalue weighted by atomic mass is 9.97. The molecule has 0 N–H and O–H groups in total. The summed E-state index contributed by atoms with van der Waals surface area (Å²) in [4.78, 5) is 26.5. The Morgan fingerprint density at radius 1 is 1.18 bits per heavy atom. The van der Waals surface area contributed by atoms with Gasteiger partial charge < -0.3 is 0 Å². The maximum atomic E-state index is 14.8. The van der Waals surface area contributed by atoms with Crippen molar-refractivity contribution in [3.05, 3.63) is 58.5 Å². The molecule has 0 aliphatic heterocycles. The van der Waals surface area contributed by atoms with Crippen molar-refractivity contribution in [1.29, 1.82) is 0 Å². The molecule has 144 valence electrons. The summed E-state index contributed by atoms with van der Waals surface area (Å²) in [5.41, 5.74) is 3.25. The summed E-state index contributed by atoms with van der Waals surface area (Å²) in [5, 5.41) is 0. The van der Waals surface area contributed by atoms with Gasteiger partial charge in [-0.2, -0.15) is 0 Å². The number of halogens is 3. The largest absolute Gasteiger partial charge is 0.290 e. The van der Waals surface area contributed by atoms with Crippen molar-refractivity contribution in [1.82, 2.24) is 15.0 Å². The van der Waals surface area contributed by atoms with Gasteiger partial charge in [0.1, 0.15) is 11.4 Å². The topological polar surface area (TPSA) is 59.0 Å². The summed E-state index contributed by atoms with van der Waals surface area (Å²) in [6.07, 6.45) is 6.73. The van der Waals surface area contributed by atoms with Crippen LogP contribution in [-0.4, -0.2) is 26.7 Å². The molecule has 5 nitrogen and oxygen atoms in total. The highest BCUT2D eigenvalue weighted by Crippen LogP contribution is 2.34. The number of aromatic nitrogens is 3. The maximum Gasteiger partial charge on any atom is 0.243 e. The predicted octanol–water partition coefficient (Wildman–Crippen LogP) is 3.87. The van der Waals surface area contributed by atoms with Gasteiger partial charge in [-0.15, -0.1) is 11.6 Å². The van der Waals surface area contributed by atoms with E-state index >= 15 is 0 Å². The van der Waals surface area contributed by atoms with E-state index in [0.717, 1.165) is 17.5 Å². The molecule has 0 saturated heterocycles. The summed E-state index contributed by atoms with van der Waals surface area (Å²) >= 11 is 5.78. The van der Waals surface area contributed by atoms with Gasteiger partial charge in [0.2, 0.25) is 5.91 Å². The Morgan fingerprint density at radius 2 is 1.96 bits per heavy atom. The fourth-order valence-corrected chi connectivity index (χ4v) is 3.87. The smallest absolute Gasteiger partial charge is 0.243 e. The first kappa shape index (κ1) is 18.7.